The van der Waals surface area contributed by atoms with Crippen molar-refractivity contribution in [2.75, 3.05) is 0 Å². The van der Waals surface area contributed by atoms with E-state index in [1.54, 1.807) is 0 Å². The first-order chi connectivity index (χ1) is 6.61. The molecule has 0 fully saturated rings. The smallest absolute Gasteiger partial charge is 0.365 e. The highest BCUT2D eigenvalue weighted by atomic mass is 35.5. The molecule has 1 aromatic rings. The average Bonchev–Trinajstić information content (AvgIpc) is 2.18. The minimum atomic E-state index is -1.08. The van der Waals surface area contributed by atoms with E-state index < -0.39 is 18.1 Å². The van der Waals surface area contributed by atoms with Gasteiger partial charge >= 0.3 is 5.97 Å². The Kier molecular flexibility index (Phi) is 5.93. The second-order valence-electron chi connectivity index (χ2n) is 3.20. The number of aliphatic carboxylic acids is 1. The number of hydrogen-bond donors (Lipinski definition) is 3. The summed E-state index contributed by atoms with van der Waals surface area (Å²) in [5, 5.41) is 18.1. The zero-order valence-corrected chi connectivity index (χ0v) is 8.89. The number of carboxylic acids is 1. The Hall–Kier alpha value is -1.10. The molecule has 1 aromatic carbocycles. The van der Waals surface area contributed by atoms with Gasteiger partial charge < -0.3 is 28.4 Å². The normalized spacial score (nSPS) is 13.7. The predicted octanol–water partition coefficient (Wildman–Crippen LogP) is -3.71. The quantitative estimate of drug-likeness (QED) is 0.499. The number of benzene rings is 1. The van der Waals surface area contributed by atoms with E-state index in [9.17, 15) is 9.90 Å². The number of carbonyl (C=O) groups is 1. The molecule has 0 unspecified atom stereocenters. The molecule has 15 heavy (non-hydrogen) atoms. The van der Waals surface area contributed by atoms with Crippen LogP contribution in [0, 0.1) is 0 Å². The van der Waals surface area contributed by atoms with Gasteiger partial charge in [-0.3, -0.25) is 0 Å². The van der Waals surface area contributed by atoms with Crippen molar-refractivity contribution in [1.29, 1.82) is 0 Å². The molecule has 84 valence electrons. The molecule has 5 heteroatoms. The number of rotatable bonds is 4. The standard InChI is InChI=1S/C10H13NO3.ClH/c11-9(10(13)14)8(12)6-7-4-2-1-3-5-7;/h1-5,8-9,12H,6,11H2,(H,13,14);1H/t8-,9-;/m1./s1. The van der Waals surface area contributed by atoms with E-state index in [0.717, 1.165) is 5.56 Å². The number of quaternary nitrogens is 1. The minimum Gasteiger partial charge on any atom is -1.00 e. The number of aliphatic hydroxyl groups excluding tert-OH is 1. The van der Waals surface area contributed by atoms with E-state index in [1.165, 1.54) is 0 Å². The second-order valence-corrected chi connectivity index (χ2v) is 3.20. The van der Waals surface area contributed by atoms with Crippen molar-refractivity contribution in [2.45, 2.75) is 18.6 Å². The molecule has 0 aromatic heterocycles. The van der Waals surface area contributed by atoms with Crippen molar-refractivity contribution in [3.63, 3.8) is 0 Å². The molecular weight excluding hydrogens is 218 g/mol. The molecule has 0 aliphatic carbocycles. The highest BCUT2D eigenvalue weighted by Gasteiger charge is 2.25. The van der Waals surface area contributed by atoms with E-state index in [1.807, 2.05) is 30.3 Å². The lowest BCUT2D eigenvalue weighted by molar-refractivity contribution is -0.424. The number of aliphatic hydroxyl groups is 1. The van der Waals surface area contributed by atoms with Gasteiger partial charge in [-0.15, -0.1) is 0 Å². The average molecular weight is 232 g/mol. The molecule has 2 atom stereocenters. The van der Waals surface area contributed by atoms with Crippen LogP contribution in [0.5, 0.6) is 0 Å². The summed E-state index contributed by atoms with van der Waals surface area (Å²) in [6, 6.07) is 8.28. The monoisotopic (exact) mass is 231 g/mol. The van der Waals surface area contributed by atoms with Gasteiger partial charge in [-0.05, 0) is 5.56 Å². The Labute approximate surface area is 94.1 Å². The molecule has 4 nitrogen and oxygen atoms in total. The summed E-state index contributed by atoms with van der Waals surface area (Å²) in [6.45, 7) is 0. The third-order valence-corrected chi connectivity index (χ3v) is 2.07. The Morgan fingerprint density at radius 3 is 2.33 bits per heavy atom. The van der Waals surface area contributed by atoms with Gasteiger partial charge in [-0.25, -0.2) is 4.79 Å². The molecule has 1 rings (SSSR count). The molecule has 0 spiro atoms. The largest absolute Gasteiger partial charge is 1.00 e. The molecule has 0 bridgehead atoms. The summed E-state index contributed by atoms with van der Waals surface area (Å²) in [4.78, 5) is 10.5. The first kappa shape index (κ1) is 13.9. The summed E-state index contributed by atoms with van der Waals surface area (Å²) in [6.07, 6.45) is -0.615. The van der Waals surface area contributed by atoms with Crippen molar-refractivity contribution >= 4 is 5.97 Å². The van der Waals surface area contributed by atoms with Crippen LogP contribution in [-0.2, 0) is 11.2 Å². The first-order valence-electron chi connectivity index (χ1n) is 4.39. The van der Waals surface area contributed by atoms with Gasteiger partial charge in [0.2, 0.25) is 6.04 Å². The zero-order chi connectivity index (χ0) is 10.6. The predicted molar refractivity (Wildman–Crippen MR) is 50.5 cm³/mol. The molecule has 0 saturated carbocycles. The van der Waals surface area contributed by atoms with Crippen molar-refractivity contribution in [2.24, 2.45) is 0 Å². The molecule has 0 amide bonds. The summed E-state index contributed by atoms with van der Waals surface area (Å²) in [5.74, 6) is -1.08. The molecule has 0 aliphatic heterocycles. The summed E-state index contributed by atoms with van der Waals surface area (Å²) in [7, 11) is 0. The second kappa shape index (κ2) is 6.40. The van der Waals surface area contributed by atoms with Gasteiger partial charge in [0.15, 0.2) is 0 Å². The Balaban J connectivity index is 0.00000196. The van der Waals surface area contributed by atoms with Crippen molar-refractivity contribution < 1.29 is 33.1 Å². The molecule has 0 aliphatic rings. The fourth-order valence-electron chi connectivity index (χ4n) is 1.16. The Morgan fingerprint density at radius 2 is 1.87 bits per heavy atom. The minimum absolute atomic E-state index is 0. The maximum atomic E-state index is 10.5. The number of hydrogen-bond acceptors (Lipinski definition) is 2. The van der Waals surface area contributed by atoms with Gasteiger partial charge in [-0.1, -0.05) is 30.3 Å². The van der Waals surface area contributed by atoms with Crippen LogP contribution in [0.1, 0.15) is 5.56 Å². The number of carboxylic acid groups (broad SMARTS) is 1. The topological polar surface area (TPSA) is 85.2 Å². The highest BCUT2D eigenvalue weighted by Crippen LogP contribution is 2.04. The van der Waals surface area contributed by atoms with Crippen LogP contribution in [0.4, 0.5) is 0 Å². The molecule has 0 radical (unpaired) electrons. The SMILES string of the molecule is [Cl-].[NH3+][C@@H](C(=O)O)[C@H](O)Cc1ccccc1. The zero-order valence-electron chi connectivity index (χ0n) is 8.14. The van der Waals surface area contributed by atoms with Crippen LogP contribution in [0.25, 0.3) is 0 Å². The Morgan fingerprint density at radius 1 is 1.33 bits per heavy atom. The third kappa shape index (κ3) is 4.29. The van der Waals surface area contributed by atoms with Crippen LogP contribution in [0.2, 0.25) is 0 Å². The molecule has 0 saturated heterocycles. The van der Waals surface area contributed by atoms with Gasteiger partial charge in [0.25, 0.3) is 0 Å². The van der Waals surface area contributed by atoms with Crippen LogP contribution in [-0.4, -0.2) is 28.3 Å². The van der Waals surface area contributed by atoms with E-state index in [0.29, 0.717) is 6.42 Å². The van der Waals surface area contributed by atoms with Crippen molar-refractivity contribution in [1.82, 2.24) is 0 Å². The summed E-state index contributed by atoms with van der Waals surface area (Å²) in [5.41, 5.74) is 4.30. The van der Waals surface area contributed by atoms with Crippen LogP contribution in [0.15, 0.2) is 30.3 Å². The highest BCUT2D eigenvalue weighted by molar-refractivity contribution is 5.72. The fourth-order valence-corrected chi connectivity index (χ4v) is 1.16. The van der Waals surface area contributed by atoms with Gasteiger partial charge in [-0.2, -0.15) is 0 Å². The molecule has 0 heterocycles. The lowest BCUT2D eigenvalue weighted by atomic mass is 10.0. The first-order valence-corrected chi connectivity index (χ1v) is 4.39. The summed E-state index contributed by atoms with van der Waals surface area (Å²) >= 11 is 0. The van der Waals surface area contributed by atoms with Gasteiger partial charge in [0.05, 0.1) is 0 Å². The van der Waals surface area contributed by atoms with Crippen LogP contribution < -0.4 is 18.1 Å². The third-order valence-electron chi connectivity index (χ3n) is 2.07. The van der Waals surface area contributed by atoms with E-state index in [2.05, 4.69) is 5.73 Å². The Bertz CT molecular complexity index is 305. The molecular formula is C10H14ClNO3. The number of halogens is 1. The van der Waals surface area contributed by atoms with E-state index >= 15 is 0 Å². The van der Waals surface area contributed by atoms with Gasteiger partial charge in [0, 0.05) is 6.42 Å². The summed E-state index contributed by atoms with van der Waals surface area (Å²) < 4.78 is 0. The lowest BCUT2D eigenvalue weighted by Gasteiger charge is -2.11. The van der Waals surface area contributed by atoms with E-state index in [4.69, 9.17) is 5.11 Å². The molecule has 5 N–H and O–H groups in total. The maximum absolute atomic E-state index is 10.5. The maximum Gasteiger partial charge on any atom is 0.365 e. The van der Waals surface area contributed by atoms with Crippen molar-refractivity contribution in [3.8, 4) is 0 Å². The fraction of sp³-hybridized carbons (Fsp3) is 0.300. The van der Waals surface area contributed by atoms with Crippen molar-refractivity contribution in [3.05, 3.63) is 35.9 Å². The van der Waals surface area contributed by atoms with Gasteiger partial charge in [0.1, 0.15) is 6.10 Å². The van der Waals surface area contributed by atoms with Crippen LogP contribution in [0.3, 0.4) is 0 Å². The lowest BCUT2D eigenvalue weighted by Crippen LogP contribution is -3.00. The van der Waals surface area contributed by atoms with E-state index in [-0.39, 0.29) is 12.4 Å². The van der Waals surface area contributed by atoms with Crippen LogP contribution >= 0.6 is 0 Å².